The van der Waals surface area contributed by atoms with Gasteiger partial charge in [-0.1, -0.05) is 11.6 Å². The van der Waals surface area contributed by atoms with E-state index >= 15 is 0 Å². The number of pyridine rings is 1. The van der Waals surface area contributed by atoms with E-state index in [0.717, 1.165) is 21.1 Å². The number of aromatic nitrogens is 2. The zero-order valence-electron chi connectivity index (χ0n) is 6.36. The molecule has 1 N–H and O–H groups in total. The van der Waals surface area contributed by atoms with E-state index in [1.807, 2.05) is 19.2 Å². The first-order valence-corrected chi connectivity index (χ1v) is 4.65. The van der Waals surface area contributed by atoms with Crippen LogP contribution < -0.4 is 0 Å². The average molecular weight is 246 g/mol. The summed E-state index contributed by atoms with van der Waals surface area (Å²) in [5, 5.41) is 0.528. The quantitative estimate of drug-likeness (QED) is 0.709. The van der Waals surface area contributed by atoms with Crippen LogP contribution >= 0.6 is 27.5 Å². The minimum Gasteiger partial charge on any atom is -0.359 e. The Morgan fingerprint density at radius 3 is 3.08 bits per heavy atom. The molecule has 62 valence electrons. The first kappa shape index (κ1) is 8.08. The first-order chi connectivity index (χ1) is 5.68. The maximum Gasteiger partial charge on any atom is 0.130 e. The van der Waals surface area contributed by atoms with Crippen LogP contribution in [0.25, 0.3) is 11.0 Å². The Labute approximate surface area is 83.1 Å². The molecule has 2 aromatic heterocycles. The molecule has 0 unspecified atom stereocenters. The summed E-state index contributed by atoms with van der Waals surface area (Å²) < 4.78 is 0.947. The molecular formula is C8H6BrClN2. The van der Waals surface area contributed by atoms with Crippen molar-refractivity contribution in [3.63, 3.8) is 0 Å². The summed E-state index contributed by atoms with van der Waals surface area (Å²) in [4.78, 5) is 7.30. The lowest BCUT2D eigenvalue weighted by Crippen LogP contribution is -1.81. The zero-order valence-corrected chi connectivity index (χ0v) is 8.70. The van der Waals surface area contributed by atoms with Crippen LogP contribution in [0.15, 0.2) is 16.7 Å². The third-order valence-electron chi connectivity index (χ3n) is 1.75. The lowest BCUT2D eigenvalue weighted by molar-refractivity contribution is 1.35. The number of rotatable bonds is 0. The second-order valence-corrected chi connectivity index (χ2v) is 3.86. The minimum atomic E-state index is 0.528. The molecule has 0 aliphatic rings. The van der Waals surface area contributed by atoms with Gasteiger partial charge in [0.2, 0.25) is 0 Å². The van der Waals surface area contributed by atoms with Crippen LogP contribution in [0.1, 0.15) is 5.56 Å². The number of hydrogen-bond donors (Lipinski definition) is 1. The molecule has 0 bridgehead atoms. The second kappa shape index (κ2) is 2.75. The summed E-state index contributed by atoms with van der Waals surface area (Å²) in [6, 6.07) is 1.84. The Bertz CT molecular complexity index is 436. The van der Waals surface area contributed by atoms with Crippen LogP contribution in [0.3, 0.4) is 0 Å². The summed E-state index contributed by atoms with van der Waals surface area (Å²) in [6.45, 7) is 2.00. The van der Waals surface area contributed by atoms with E-state index in [-0.39, 0.29) is 0 Å². The fourth-order valence-corrected chi connectivity index (χ4v) is 1.84. The van der Waals surface area contributed by atoms with Crippen LogP contribution in [0.5, 0.6) is 0 Å². The van der Waals surface area contributed by atoms with E-state index in [1.165, 1.54) is 0 Å². The Hall–Kier alpha value is -0.540. The van der Waals surface area contributed by atoms with Gasteiger partial charge in [0.1, 0.15) is 10.7 Å². The van der Waals surface area contributed by atoms with E-state index in [4.69, 9.17) is 11.6 Å². The highest BCUT2D eigenvalue weighted by Crippen LogP contribution is 2.25. The number of hydrogen-bond acceptors (Lipinski definition) is 1. The number of aryl methyl sites for hydroxylation is 1. The summed E-state index contributed by atoms with van der Waals surface area (Å²) in [5.74, 6) is 0. The molecular weight excluding hydrogens is 239 g/mol. The third kappa shape index (κ3) is 1.13. The third-order valence-corrected chi connectivity index (χ3v) is 2.55. The van der Waals surface area contributed by atoms with Crippen molar-refractivity contribution in [1.82, 2.24) is 9.97 Å². The first-order valence-electron chi connectivity index (χ1n) is 3.48. The van der Waals surface area contributed by atoms with Crippen molar-refractivity contribution >= 4 is 38.6 Å². The Kier molecular flexibility index (Phi) is 1.85. The van der Waals surface area contributed by atoms with Gasteiger partial charge in [-0.25, -0.2) is 4.98 Å². The standard InChI is InChI=1S/C8H6BrClN2/c1-4-2-6(10)12-8-5(9)3-11-7(4)8/h2-3,11H,1H3. The van der Waals surface area contributed by atoms with E-state index in [1.54, 1.807) is 0 Å². The molecule has 2 rings (SSSR count). The van der Waals surface area contributed by atoms with Gasteiger partial charge in [-0.2, -0.15) is 0 Å². The molecule has 0 radical (unpaired) electrons. The second-order valence-electron chi connectivity index (χ2n) is 2.62. The van der Waals surface area contributed by atoms with Crippen LogP contribution in [0, 0.1) is 6.92 Å². The van der Waals surface area contributed by atoms with Gasteiger partial charge < -0.3 is 4.98 Å². The van der Waals surface area contributed by atoms with Crippen molar-refractivity contribution in [2.45, 2.75) is 6.92 Å². The average Bonchev–Trinajstić information content (AvgIpc) is 2.33. The van der Waals surface area contributed by atoms with Gasteiger partial charge in [-0.15, -0.1) is 0 Å². The molecule has 0 aliphatic carbocycles. The number of halogens is 2. The molecule has 12 heavy (non-hydrogen) atoms. The van der Waals surface area contributed by atoms with Gasteiger partial charge in [0.05, 0.1) is 9.99 Å². The predicted octanol–water partition coefficient (Wildman–Crippen LogP) is 3.29. The van der Waals surface area contributed by atoms with Crippen molar-refractivity contribution < 1.29 is 0 Å². The highest BCUT2D eigenvalue weighted by Gasteiger charge is 2.05. The van der Waals surface area contributed by atoms with Gasteiger partial charge in [-0.3, -0.25) is 0 Å². The van der Waals surface area contributed by atoms with Crippen LogP contribution in [0.4, 0.5) is 0 Å². The SMILES string of the molecule is Cc1cc(Cl)nc2c(Br)c[nH]c12. The van der Waals surface area contributed by atoms with E-state index in [0.29, 0.717) is 5.15 Å². The number of fused-ring (bicyclic) bond motifs is 1. The Morgan fingerprint density at radius 2 is 2.33 bits per heavy atom. The smallest absolute Gasteiger partial charge is 0.130 e. The molecule has 0 fully saturated rings. The maximum atomic E-state index is 5.81. The van der Waals surface area contributed by atoms with Gasteiger partial charge in [0, 0.05) is 6.20 Å². The molecule has 2 heterocycles. The molecule has 0 atom stereocenters. The zero-order chi connectivity index (χ0) is 8.72. The van der Waals surface area contributed by atoms with Crippen LogP contribution in [-0.2, 0) is 0 Å². The number of nitrogens with zero attached hydrogens (tertiary/aromatic N) is 1. The van der Waals surface area contributed by atoms with Crippen molar-refractivity contribution in [3.8, 4) is 0 Å². The van der Waals surface area contributed by atoms with E-state index < -0.39 is 0 Å². The monoisotopic (exact) mass is 244 g/mol. The molecule has 0 spiro atoms. The molecule has 0 aliphatic heterocycles. The summed E-state index contributed by atoms with van der Waals surface area (Å²) in [5.41, 5.74) is 3.03. The van der Waals surface area contributed by atoms with Gasteiger partial charge >= 0.3 is 0 Å². The molecule has 0 amide bonds. The summed E-state index contributed by atoms with van der Waals surface area (Å²) in [7, 11) is 0. The minimum absolute atomic E-state index is 0.528. The molecule has 2 aromatic rings. The van der Waals surface area contributed by atoms with Gasteiger partial charge in [0.25, 0.3) is 0 Å². The van der Waals surface area contributed by atoms with E-state index in [9.17, 15) is 0 Å². The summed E-state index contributed by atoms with van der Waals surface area (Å²) in [6.07, 6.45) is 1.86. The lowest BCUT2D eigenvalue weighted by atomic mass is 10.2. The highest BCUT2D eigenvalue weighted by molar-refractivity contribution is 9.10. The number of H-pyrrole nitrogens is 1. The predicted molar refractivity (Wildman–Crippen MR) is 53.5 cm³/mol. The van der Waals surface area contributed by atoms with Gasteiger partial charge in [0.15, 0.2) is 0 Å². The van der Waals surface area contributed by atoms with Crippen molar-refractivity contribution in [3.05, 3.63) is 27.5 Å². The highest BCUT2D eigenvalue weighted by atomic mass is 79.9. The lowest BCUT2D eigenvalue weighted by Gasteiger charge is -1.96. The molecule has 0 saturated heterocycles. The number of aromatic amines is 1. The molecule has 4 heteroatoms. The topological polar surface area (TPSA) is 28.7 Å². The largest absolute Gasteiger partial charge is 0.359 e. The molecule has 0 aromatic carbocycles. The Balaban J connectivity index is 2.92. The van der Waals surface area contributed by atoms with Crippen LogP contribution in [0.2, 0.25) is 5.15 Å². The number of nitrogens with one attached hydrogen (secondary N) is 1. The van der Waals surface area contributed by atoms with Crippen molar-refractivity contribution in [1.29, 1.82) is 0 Å². The van der Waals surface area contributed by atoms with Crippen molar-refractivity contribution in [2.75, 3.05) is 0 Å². The van der Waals surface area contributed by atoms with Crippen LogP contribution in [-0.4, -0.2) is 9.97 Å². The van der Waals surface area contributed by atoms with Crippen molar-refractivity contribution in [2.24, 2.45) is 0 Å². The van der Waals surface area contributed by atoms with E-state index in [2.05, 4.69) is 25.9 Å². The molecule has 0 saturated carbocycles. The summed E-state index contributed by atoms with van der Waals surface area (Å²) >= 11 is 9.19. The normalized spacial score (nSPS) is 10.9. The fraction of sp³-hybridized carbons (Fsp3) is 0.125. The Morgan fingerprint density at radius 1 is 1.58 bits per heavy atom. The maximum absolute atomic E-state index is 5.81. The van der Waals surface area contributed by atoms with Gasteiger partial charge in [-0.05, 0) is 34.5 Å². The fourth-order valence-electron chi connectivity index (χ4n) is 1.19. The molecule has 2 nitrogen and oxygen atoms in total.